The number of hydrogen-bond donors (Lipinski definition) is 1. The van der Waals surface area contributed by atoms with Crippen LogP contribution in [-0.2, 0) is 20.3 Å². The van der Waals surface area contributed by atoms with E-state index in [4.69, 9.17) is 4.74 Å². The molecule has 0 bridgehead atoms. The molecule has 0 aliphatic heterocycles. The molecule has 0 saturated heterocycles. The number of hydrogen-bond acceptors (Lipinski definition) is 3. The van der Waals surface area contributed by atoms with E-state index in [1.807, 2.05) is 0 Å². The summed E-state index contributed by atoms with van der Waals surface area (Å²) in [5.74, 6) is -0.882. The Bertz CT molecular complexity index is 530. The van der Waals surface area contributed by atoms with Gasteiger partial charge in [0.25, 0.3) is 0 Å². The molecular weight excluding hydrogens is 293 g/mol. The van der Waals surface area contributed by atoms with Crippen molar-refractivity contribution in [3.8, 4) is 0 Å². The first-order valence-electron chi connectivity index (χ1n) is 7.10. The number of benzene rings is 1. The molecule has 116 valence electrons. The van der Waals surface area contributed by atoms with Crippen LogP contribution >= 0.6 is 0 Å². The minimum atomic E-state index is -1.38. The third kappa shape index (κ3) is 4.89. The summed E-state index contributed by atoms with van der Waals surface area (Å²) >= 11 is 0. The van der Waals surface area contributed by atoms with Crippen LogP contribution in [-0.4, -0.2) is 29.1 Å². The maximum Gasteiger partial charge on any atom is 0.250 e. The highest BCUT2D eigenvalue weighted by Crippen LogP contribution is 2.20. The number of halogens is 1. The van der Waals surface area contributed by atoms with Gasteiger partial charge in [0.05, 0.1) is 21.8 Å². The summed E-state index contributed by atoms with van der Waals surface area (Å²) in [6.45, 7) is -0.0201. The Morgan fingerprint density at radius 1 is 1.38 bits per heavy atom. The average molecular weight is 313 g/mol. The lowest BCUT2D eigenvalue weighted by Gasteiger charge is -2.21. The van der Waals surface area contributed by atoms with Crippen molar-refractivity contribution in [2.75, 3.05) is 18.2 Å². The van der Waals surface area contributed by atoms with Crippen LogP contribution in [0.4, 0.5) is 10.1 Å². The van der Waals surface area contributed by atoms with E-state index >= 15 is 0 Å². The monoisotopic (exact) mass is 313 g/mol. The van der Waals surface area contributed by atoms with Gasteiger partial charge in [0.15, 0.2) is 0 Å². The molecule has 0 heterocycles. The zero-order chi connectivity index (χ0) is 15.2. The molecule has 1 aliphatic carbocycles. The fraction of sp³-hybridized carbons (Fsp3) is 0.533. The summed E-state index contributed by atoms with van der Waals surface area (Å²) in [5, 5.41) is 2.59. The van der Waals surface area contributed by atoms with Crippen molar-refractivity contribution in [1.29, 1.82) is 0 Å². The molecule has 1 amide bonds. The van der Waals surface area contributed by atoms with Crippen LogP contribution in [0, 0.1) is 5.82 Å². The fourth-order valence-electron chi connectivity index (χ4n) is 2.43. The highest BCUT2D eigenvalue weighted by atomic mass is 32.2. The number of carbonyl (C=O) groups is 1. The fourth-order valence-corrected chi connectivity index (χ4v) is 3.03. The number of ether oxygens (including phenoxy) is 1. The van der Waals surface area contributed by atoms with Gasteiger partial charge in [0, 0.05) is 11.9 Å². The van der Waals surface area contributed by atoms with Gasteiger partial charge in [-0.15, -0.1) is 0 Å². The van der Waals surface area contributed by atoms with Crippen molar-refractivity contribution < 1.29 is 18.1 Å². The lowest BCUT2D eigenvalue weighted by Crippen LogP contribution is -2.24. The van der Waals surface area contributed by atoms with Gasteiger partial charge in [0.2, 0.25) is 5.91 Å². The van der Waals surface area contributed by atoms with Crippen LogP contribution in [0.2, 0.25) is 0 Å². The Morgan fingerprint density at radius 3 is 2.71 bits per heavy atom. The van der Waals surface area contributed by atoms with Crippen molar-refractivity contribution in [3.63, 3.8) is 0 Å². The third-order valence-corrected chi connectivity index (χ3v) is 4.48. The van der Waals surface area contributed by atoms with Crippen molar-refractivity contribution in [2.45, 2.75) is 43.1 Å². The summed E-state index contributed by atoms with van der Waals surface area (Å²) in [6.07, 6.45) is 7.09. The zero-order valence-electron chi connectivity index (χ0n) is 12.1. The normalized spacial score (nSPS) is 17.4. The van der Waals surface area contributed by atoms with Crippen molar-refractivity contribution >= 4 is 22.4 Å². The summed E-state index contributed by atoms with van der Waals surface area (Å²) < 4.78 is 30.4. The Labute approximate surface area is 126 Å². The molecule has 1 saturated carbocycles. The average Bonchev–Trinajstić information content (AvgIpc) is 2.46. The van der Waals surface area contributed by atoms with Crippen molar-refractivity contribution in [1.82, 2.24) is 0 Å². The van der Waals surface area contributed by atoms with E-state index in [0.717, 1.165) is 25.7 Å². The molecule has 1 aromatic carbocycles. The predicted octanol–water partition coefficient (Wildman–Crippen LogP) is 2.85. The number of amides is 1. The summed E-state index contributed by atoms with van der Waals surface area (Å²) in [6, 6.07) is 4.14. The van der Waals surface area contributed by atoms with E-state index < -0.39 is 16.6 Å². The van der Waals surface area contributed by atoms with Gasteiger partial charge in [-0.05, 0) is 31.0 Å². The quantitative estimate of drug-likeness (QED) is 0.909. The van der Waals surface area contributed by atoms with Crippen LogP contribution in [0.5, 0.6) is 0 Å². The summed E-state index contributed by atoms with van der Waals surface area (Å²) in [5.41, 5.74) is 0.346. The highest BCUT2D eigenvalue weighted by molar-refractivity contribution is 7.84. The van der Waals surface area contributed by atoms with Gasteiger partial charge in [-0.3, -0.25) is 9.00 Å². The lowest BCUT2D eigenvalue weighted by atomic mass is 9.98. The molecule has 6 heteroatoms. The summed E-state index contributed by atoms with van der Waals surface area (Å²) in [4.78, 5) is 11.9. The number of rotatable bonds is 5. The lowest BCUT2D eigenvalue weighted by molar-refractivity contribution is -0.123. The van der Waals surface area contributed by atoms with Gasteiger partial charge >= 0.3 is 0 Å². The molecular formula is C15H20FNO3S. The Hall–Kier alpha value is -1.27. The van der Waals surface area contributed by atoms with Gasteiger partial charge in [-0.1, -0.05) is 19.3 Å². The zero-order valence-corrected chi connectivity index (χ0v) is 12.9. The minimum absolute atomic E-state index is 0.0201. The van der Waals surface area contributed by atoms with Gasteiger partial charge < -0.3 is 10.1 Å². The number of anilines is 1. The second-order valence-corrected chi connectivity index (χ2v) is 6.57. The Balaban J connectivity index is 1.84. The van der Waals surface area contributed by atoms with Crippen molar-refractivity contribution in [2.24, 2.45) is 0 Å². The molecule has 1 fully saturated rings. The molecule has 1 N–H and O–H groups in total. The van der Waals surface area contributed by atoms with Gasteiger partial charge in [0.1, 0.15) is 12.4 Å². The molecule has 0 aromatic heterocycles. The maximum atomic E-state index is 13.7. The van der Waals surface area contributed by atoms with E-state index in [1.54, 1.807) is 6.07 Å². The second-order valence-electron chi connectivity index (χ2n) is 5.22. The van der Waals surface area contributed by atoms with E-state index in [0.29, 0.717) is 5.69 Å². The molecule has 1 aliphatic rings. The van der Waals surface area contributed by atoms with E-state index in [1.165, 1.54) is 24.8 Å². The standard InChI is InChI=1S/C15H20FNO3S/c1-21(19)14-8-7-11(9-13(14)16)17-15(18)10-20-12-5-3-2-4-6-12/h7-9,12H,2-6,10H2,1H3,(H,17,18)/t21-/m1/s1. The molecule has 21 heavy (non-hydrogen) atoms. The van der Waals surface area contributed by atoms with E-state index in [9.17, 15) is 13.4 Å². The molecule has 0 spiro atoms. The molecule has 4 nitrogen and oxygen atoms in total. The van der Waals surface area contributed by atoms with Crippen LogP contribution in [0.15, 0.2) is 23.1 Å². The topological polar surface area (TPSA) is 55.4 Å². The summed E-state index contributed by atoms with van der Waals surface area (Å²) in [7, 11) is -1.38. The highest BCUT2D eigenvalue weighted by Gasteiger charge is 2.15. The molecule has 0 unspecified atom stereocenters. The first-order valence-corrected chi connectivity index (χ1v) is 8.66. The minimum Gasteiger partial charge on any atom is -0.368 e. The first kappa shape index (κ1) is 16.1. The van der Waals surface area contributed by atoms with E-state index in [-0.39, 0.29) is 23.5 Å². The second kappa shape index (κ2) is 7.66. The van der Waals surface area contributed by atoms with Crippen LogP contribution < -0.4 is 5.32 Å². The van der Waals surface area contributed by atoms with Gasteiger partial charge in [-0.25, -0.2) is 4.39 Å². The predicted molar refractivity (Wildman–Crippen MR) is 80.2 cm³/mol. The number of carbonyl (C=O) groups excluding carboxylic acids is 1. The van der Waals surface area contributed by atoms with Gasteiger partial charge in [-0.2, -0.15) is 0 Å². The molecule has 1 atom stereocenters. The smallest absolute Gasteiger partial charge is 0.250 e. The van der Waals surface area contributed by atoms with Crippen LogP contribution in [0.3, 0.4) is 0 Å². The Morgan fingerprint density at radius 2 is 2.10 bits per heavy atom. The largest absolute Gasteiger partial charge is 0.368 e. The maximum absolute atomic E-state index is 13.7. The Kier molecular flexibility index (Phi) is 5.87. The molecule has 2 rings (SSSR count). The van der Waals surface area contributed by atoms with Crippen molar-refractivity contribution in [3.05, 3.63) is 24.0 Å². The molecule has 0 radical (unpaired) electrons. The first-order chi connectivity index (χ1) is 10.1. The third-order valence-electron chi connectivity index (χ3n) is 3.53. The van der Waals surface area contributed by atoms with Crippen LogP contribution in [0.1, 0.15) is 32.1 Å². The SMILES string of the molecule is C[S@@](=O)c1ccc(NC(=O)COC2CCCCC2)cc1F. The number of nitrogens with one attached hydrogen (secondary N) is 1. The molecule has 1 aromatic rings. The van der Waals surface area contributed by atoms with E-state index in [2.05, 4.69) is 5.32 Å². The van der Waals surface area contributed by atoms with Crippen LogP contribution in [0.25, 0.3) is 0 Å².